The van der Waals surface area contributed by atoms with Gasteiger partial charge < -0.3 is 11.1 Å². The maximum absolute atomic E-state index is 13.9. The van der Waals surface area contributed by atoms with Crippen LogP contribution in [0.25, 0.3) is 0 Å². The largest absolute Gasteiger partial charge is 0.419 e. The van der Waals surface area contributed by atoms with Gasteiger partial charge in [-0.2, -0.15) is 13.2 Å². The molecular weight excluding hydrogens is 288 g/mol. The van der Waals surface area contributed by atoms with E-state index in [1.807, 2.05) is 0 Å². The molecule has 1 fully saturated rings. The van der Waals surface area contributed by atoms with E-state index in [4.69, 9.17) is 5.73 Å². The van der Waals surface area contributed by atoms with Crippen LogP contribution >= 0.6 is 0 Å². The molecule has 1 aliphatic rings. The Morgan fingerprint density at radius 1 is 1.24 bits per heavy atom. The number of nitrogens with one attached hydrogen (secondary N) is 1. The normalized spacial score (nSPS) is 22.9. The monoisotopic (exact) mass is 304 g/mol. The molecule has 21 heavy (non-hydrogen) atoms. The van der Waals surface area contributed by atoms with Crippen LogP contribution in [0.5, 0.6) is 0 Å². The van der Waals surface area contributed by atoms with Gasteiger partial charge in [0.2, 0.25) is 0 Å². The molecule has 3 nitrogen and oxygen atoms in total. The smallest absolute Gasteiger partial charge is 0.348 e. The van der Waals surface area contributed by atoms with Gasteiger partial charge in [0.25, 0.3) is 5.91 Å². The molecule has 0 saturated heterocycles. The van der Waals surface area contributed by atoms with Crippen molar-refractivity contribution in [2.75, 3.05) is 0 Å². The first-order chi connectivity index (χ1) is 9.80. The van der Waals surface area contributed by atoms with Crippen molar-refractivity contribution in [3.63, 3.8) is 0 Å². The van der Waals surface area contributed by atoms with Crippen molar-refractivity contribution in [1.29, 1.82) is 0 Å². The molecule has 2 atom stereocenters. The molecule has 1 saturated carbocycles. The number of hydrogen-bond donors (Lipinski definition) is 2. The second-order valence-corrected chi connectivity index (χ2v) is 5.19. The minimum absolute atomic E-state index is 0.253. The first kappa shape index (κ1) is 15.8. The zero-order valence-corrected chi connectivity index (χ0v) is 11.2. The molecule has 1 aliphatic carbocycles. The highest BCUT2D eigenvalue weighted by Gasteiger charge is 2.36. The van der Waals surface area contributed by atoms with Crippen LogP contribution in [0.2, 0.25) is 0 Å². The Balaban J connectivity index is 2.20. The van der Waals surface area contributed by atoms with Gasteiger partial charge in [-0.3, -0.25) is 4.79 Å². The predicted molar refractivity (Wildman–Crippen MR) is 69.1 cm³/mol. The topological polar surface area (TPSA) is 55.1 Å². The SMILES string of the molecule is NC1CCCCC1NC(=O)c1cccc(C(F)(F)F)c1F. The van der Waals surface area contributed by atoms with E-state index in [2.05, 4.69) is 5.32 Å². The van der Waals surface area contributed by atoms with Crippen LogP contribution in [0.3, 0.4) is 0 Å². The van der Waals surface area contributed by atoms with E-state index in [1.165, 1.54) is 0 Å². The van der Waals surface area contributed by atoms with Gasteiger partial charge in [-0.15, -0.1) is 0 Å². The van der Waals surface area contributed by atoms with Gasteiger partial charge in [0.15, 0.2) is 0 Å². The maximum atomic E-state index is 13.9. The Labute approximate surface area is 119 Å². The van der Waals surface area contributed by atoms with Crippen molar-refractivity contribution < 1.29 is 22.4 Å². The minimum atomic E-state index is -4.83. The number of amides is 1. The Morgan fingerprint density at radius 3 is 2.52 bits per heavy atom. The second kappa shape index (κ2) is 6.01. The van der Waals surface area contributed by atoms with Gasteiger partial charge in [-0.05, 0) is 25.0 Å². The van der Waals surface area contributed by atoms with Crippen LogP contribution in [-0.4, -0.2) is 18.0 Å². The number of rotatable bonds is 2. The Hall–Kier alpha value is -1.63. The molecule has 3 N–H and O–H groups in total. The molecule has 1 aromatic carbocycles. The van der Waals surface area contributed by atoms with E-state index >= 15 is 0 Å². The third-order valence-electron chi connectivity index (χ3n) is 3.68. The van der Waals surface area contributed by atoms with Gasteiger partial charge in [0.1, 0.15) is 5.82 Å². The summed E-state index contributed by atoms with van der Waals surface area (Å²) in [6.45, 7) is 0. The molecule has 0 aliphatic heterocycles. The summed E-state index contributed by atoms with van der Waals surface area (Å²) in [5, 5.41) is 2.53. The van der Waals surface area contributed by atoms with Crippen molar-refractivity contribution in [3.05, 3.63) is 35.1 Å². The van der Waals surface area contributed by atoms with E-state index in [-0.39, 0.29) is 12.1 Å². The van der Waals surface area contributed by atoms with Crippen molar-refractivity contribution in [1.82, 2.24) is 5.32 Å². The van der Waals surface area contributed by atoms with Crippen molar-refractivity contribution in [3.8, 4) is 0 Å². The molecule has 0 radical (unpaired) electrons. The van der Waals surface area contributed by atoms with Gasteiger partial charge in [0.05, 0.1) is 11.1 Å². The number of halogens is 4. The molecule has 116 valence electrons. The van der Waals surface area contributed by atoms with Crippen LogP contribution in [0.1, 0.15) is 41.6 Å². The van der Waals surface area contributed by atoms with Crippen LogP contribution in [0.4, 0.5) is 17.6 Å². The molecule has 2 rings (SSSR count). The first-order valence-corrected chi connectivity index (χ1v) is 6.73. The predicted octanol–water partition coefficient (Wildman–Crippen LogP) is 2.84. The second-order valence-electron chi connectivity index (χ2n) is 5.19. The quantitative estimate of drug-likeness (QED) is 0.826. The third-order valence-corrected chi connectivity index (χ3v) is 3.68. The summed E-state index contributed by atoms with van der Waals surface area (Å²) in [5.74, 6) is -2.41. The lowest BCUT2D eigenvalue weighted by atomic mass is 9.91. The summed E-state index contributed by atoms with van der Waals surface area (Å²) < 4.78 is 51.7. The molecular formula is C14H16F4N2O. The van der Waals surface area contributed by atoms with E-state index in [1.54, 1.807) is 0 Å². The summed E-state index contributed by atoms with van der Waals surface area (Å²) in [6.07, 6.45) is -1.62. The number of carbonyl (C=O) groups excluding carboxylic acids is 1. The molecule has 2 unspecified atom stereocenters. The van der Waals surface area contributed by atoms with Crippen LogP contribution in [0, 0.1) is 5.82 Å². The summed E-state index contributed by atoms with van der Waals surface area (Å²) in [7, 11) is 0. The van der Waals surface area contributed by atoms with E-state index in [9.17, 15) is 22.4 Å². The third kappa shape index (κ3) is 3.53. The van der Waals surface area contributed by atoms with E-state index < -0.39 is 29.0 Å². The average molecular weight is 304 g/mol. The number of carbonyl (C=O) groups is 1. The number of benzene rings is 1. The first-order valence-electron chi connectivity index (χ1n) is 6.73. The van der Waals surface area contributed by atoms with Gasteiger partial charge in [-0.1, -0.05) is 18.9 Å². The molecule has 1 aromatic rings. The van der Waals surface area contributed by atoms with E-state index in [0.29, 0.717) is 12.5 Å². The van der Waals surface area contributed by atoms with Crippen molar-refractivity contribution in [2.45, 2.75) is 43.9 Å². The molecule has 0 heterocycles. The maximum Gasteiger partial charge on any atom is 0.419 e. The minimum Gasteiger partial charge on any atom is -0.348 e. The summed E-state index contributed by atoms with van der Waals surface area (Å²) >= 11 is 0. The Kier molecular flexibility index (Phi) is 4.51. The average Bonchev–Trinajstić information content (AvgIpc) is 2.40. The summed E-state index contributed by atoms with van der Waals surface area (Å²) in [4.78, 5) is 12.0. The zero-order chi connectivity index (χ0) is 15.6. The van der Waals surface area contributed by atoms with Crippen molar-refractivity contribution >= 4 is 5.91 Å². The molecule has 7 heteroatoms. The van der Waals surface area contributed by atoms with Gasteiger partial charge in [0, 0.05) is 12.1 Å². The van der Waals surface area contributed by atoms with Crippen molar-refractivity contribution in [2.24, 2.45) is 5.73 Å². The summed E-state index contributed by atoms with van der Waals surface area (Å²) in [6, 6.07) is 2.07. The lowest BCUT2D eigenvalue weighted by Gasteiger charge is -2.29. The Morgan fingerprint density at radius 2 is 1.90 bits per heavy atom. The van der Waals surface area contributed by atoms with Crippen LogP contribution in [-0.2, 0) is 6.18 Å². The van der Waals surface area contributed by atoms with Crippen LogP contribution in [0.15, 0.2) is 18.2 Å². The van der Waals surface area contributed by atoms with E-state index in [0.717, 1.165) is 31.4 Å². The zero-order valence-electron chi connectivity index (χ0n) is 11.2. The number of hydrogen-bond acceptors (Lipinski definition) is 2. The fourth-order valence-corrected chi connectivity index (χ4v) is 2.51. The number of alkyl halides is 3. The Bertz CT molecular complexity index is 530. The standard InChI is InChI=1S/C14H16F4N2O/c15-12-8(4-3-5-9(12)14(16,17)18)13(21)20-11-7-2-1-6-10(11)19/h3-5,10-11H,1-2,6-7,19H2,(H,20,21). The molecule has 1 amide bonds. The lowest BCUT2D eigenvalue weighted by molar-refractivity contribution is -0.140. The fourth-order valence-electron chi connectivity index (χ4n) is 2.51. The lowest BCUT2D eigenvalue weighted by Crippen LogP contribution is -2.49. The van der Waals surface area contributed by atoms with Crippen LogP contribution < -0.4 is 11.1 Å². The molecule has 0 bridgehead atoms. The highest BCUT2D eigenvalue weighted by atomic mass is 19.4. The van der Waals surface area contributed by atoms with Gasteiger partial charge in [-0.25, -0.2) is 4.39 Å². The molecule has 0 aromatic heterocycles. The highest BCUT2D eigenvalue weighted by molar-refractivity contribution is 5.95. The summed E-state index contributed by atoms with van der Waals surface area (Å²) in [5.41, 5.74) is 3.80. The fraction of sp³-hybridized carbons (Fsp3) is 0.500. The highest BCUT2D eigenvalue weighted by Crippen LogP contribution is 2.32. The van der Waals surface area contributed by atoms with Gasteiger partial charge >= 0.3 is 6.18 Å². The number of nitrogens with two attached hydrogens (primary N) is 1. The molecule has 0 spiro atoms.